The zero-order valence-corrected chi connectivity index (χ0v) is 11.7. The summed E-state index contributed by atoms with van der Waals surface area (Å²) in [5, 5.41) is 0. The topological polar surface area (TPSA) is 55.8 Å². The Hall–Kier alpha value is -2.04. The highest BCUT2D eigenvalue weighted by molar-refractivity contribution is 5.95. The van der Waals surface area contributed by atoms with Crippen molar-refractivity contribution in [1.82, 2.24) is 0 Å². The molecule has 0 fully saturated rings. The van der Waals surface area contributed by atoms with Gasteiger partial charge < -0.3 is 14.4 Å². The van der Waals surface area contributed by atoms with Crippen LogP contribution in [-0.2, 0) is 14.3 Å². The largest absolute Gasteiger partial charge is 0.469 e. The Morgan fingerprint density at radius 1 is 1.21 bits per heavy atom. The standard InChI is InChI=1S/C14H19NO4/c1-10(13(16)18-3)9-15(2)12-8-6-5-7-11(12)14(17)19-4/h5-8,10H,9H2,1-4H3. The van der Waals surface area contributed by atoms with Crippen LogP contribution in [0, 0.1) is 5.92 Å². The van der Waals surface area contributed by atoms with Crippen molar-refractivity contribution in [3.63, 3.8) is 0 Å². The van der Waals surface area contributed by atoms with Crippen molar-refractivity contribution in [2.45, 2.75) is 6.92 Å². The van der Waals surface area contributed by atoms with Crippen LogP contribution in [0.2, 0.25) is 0 Å². The molecule has 19 heavy (non-hydrogen) atoms. The van der Waals surface area contributed by atoms with Crippen molar-refractivity contribution < 1.29 is 19.1 Å². The summed E-state index contributed by atoms with van der Waals surface area (Å²) >= 11 is 0. The molecule has 0 radical (unpaired) electrons. The first-order valence-electron chi connectivity index (χ1n) is 5.97. The Balaban J connectivity index is 2.90. The number of methoxy groups -OCH3 is 2. The SMILES string of the molecule is COC(=O)c1ccccc1N(C)CC(C)C(=O)OC. The smallest absolute Gasteiger partial charge is 0.339 e. The van der Waals surface area contributed by atoms with E-state index in [1.807, 2.05) is 24.1 Å². The lowest BCUT2D eigenvalue weighted by atomic mass is 10.1. The molecule has 0 amide bonds. The van der Waals surface area contributed by atoms with Gasteiger partial charge in [-0.05, 0) is 12.1 Å². The third kappa shape index (κ3) is 3.71. The van der Waals surface area contributed by atoms with Crippen LogP contribution in [0.5, 0.6) is 0 Å². The quantitative estimate of drug-likeness (QED) is 0.759. The molecule has 0 aromatic heterocycles. The average Bonchev–Trinajstić information content (AvgIpc) is 2.45. The van der Waals surface area contributed by atoms with Gasteiger partial charge in [0.15, 0.2) is 0 Å². The van der Waals surface area contributed by atoms with Crippen LogP contribution in [0.4, 0.5) is 5.69 Å². The number of benzene rings is 1. The van der Waals surface area contributed by atoms with E-state index >= 15 is 0 Å². The molecule has 0 bridgehead atoms. The molecular weight excluding hydrogens is 246 g/mol. The molecule has 1 atom stereocenters. The number of para-hydroxylation sites is 1. The van der Waals surface area contributed by atoms with E-state index < -0.39 is 5.97 Å². The molecule has 1 rings (SSSR count). The highest BCUT2D eigenvalue weighted by Gasteiger charge is 2.19. The molecule has 0 spiro atoms. The fourth-order valence-electron chi connectivity index (χ4n) is 1.87. The van der Waals surface area contributed by atoms with Gasteiger partial charge in [0, 0.05) is 13.6 Å². The second kappa shape index (κ2) is 6.78. The predicted molar refractivity (Wildman–Crippen MR) is 72.2 cm³/mol. The summed E-state index contributed by atoms with van der Waals surface area (Å²) in [6.45, 7) is 2.24. The molecule has 0 saturated heterocycles. The number of ether oxygens (including phenoxy) is 2. The minimum Gasteiger partial charge on any atom is -0.469 e. The predicted octanol–water partition coefficient (Wildman–Crippen LogP) is 1.72. The van der Waals surface area contributed by atoms with Crippen LogP contribution in [0.3, 0.4) is 0 Å². The molecule has 0 saturated carbocycles. The molecule has 0 N–H and O–H groups in total. The summed E-state index contributed by atoms with van der Waals surface area (Å²) in [5.41, 5.74) is 1.20. The summed E-state index contributed by atoms with van der Waals surface area (Å²) in [5.74, 6) is -0.948. The normalized spacial score (nSPS) is 11.6. The molecule has 1 aromatic carbocycles. The van der Waals surface area contributed by atoms with Gasteiger partial charge in [-0.15, -0.1) is 0 Å². The number of anilines is 1. The monoisotopic (exact) mass is 265 g/mol. The van der Waals surface area contributed by atoms with Gasteiger partial charge in [-0.25, -0.2) is 4.79 Å². The Kier molecular flexibility index (Phi) is 5.36. The molecule has 5 heteroatoms. The molecule has 0 aliphatic carbocycles. The average molecular weight is 265 g/mol. The van der Waals surface area contributed by atoms with Crippen molar-refractivity contribution in [3.05, 3.63) is 29.8 Å². The number of hydrogen-bond acceptors (Lipinski definition) is 5. The molecule has 5 nitrogen and oxygen atoms in total. The molecule has 0 aliphatic heterocycles. The maximum Gasteiger partial charge on any atom is 0.339 e. The van der Waals surface area contributed by atoms with Crippen molar-refractivity contribution in [1.29, 1.82) is 0 Å². The van der Waals surface area contributed by atoms with Gasteiger partial charge in [0.1, 0.15) is 0 Å². The third-order valence-electron chi connectivity index (χ3n) is 2.87. The van der Waals surface area contributed by atoms with E-state index in [9.17, 15) is 9.59 Å². The van der Waals surface area contributed by atoms with Gasteiger partial charge in [-0.1, -0.05) is 19.1 Å². The Bertz CT molecular complexity index is 459. The lowest BCUT2D eigenvalue weighted by Gasteiger charge is -2.24. The second-order valence-corrected chi connectivity index (χ2v) is 4.31. The van der Waals surface area contributed by atoms with Crippen molar-refractivity contribution in [3.8, 4) is 0 Å². The van der Waals surface area contributed by atoms with Crippen molar-refractivity contribution >= 4 is 17.6 Å². The van der Waals surface area contributed by atoms with Gasteiger partial charge in [0.05, 0.1) is 31.4 Å². The van der Waals surface area contributed by atoms with E-state index in [4.69, 9.17) is 9.47 Å². The molecular formula is C14H19NO4. The summed E-state index contributed by atoms with van der Waals surface area (Å²) in [6, 6.07) is 7.12. The molecule has 1 unspecified atom stereocenters. The Morgan fingerprint density at radius 3 is 2.42 bits per heavy atom. The Labute approximate surface area is 113 Å². The molecule has 104 valence electrons. The van der Waals surface area contributed by atoms with Crippen LogP contribution >= 0.6 is 0 Å². The minimum absolute atomic E-state index is 0.276. The fraction of sp³-hybridized carbons (Fsp3) is 0.429. The van der Waals surface area contributed by atoms with Crippen molar-refractivity contribution in [2.24, 2.45) is 5.92 Å². The summed E-state index contributed by atoms with van der Waals surface area (Å²) in [6.07, 6.45) is 0. The Morgan fingerprint density at radius 2 is 1.84 bits per heavy atom. The van der Waals surface area contributed by atoms with E-state index in [-0.39, 0.29) is 11.9 Å². The van der Waals surface area contributed by atoms with E-state index in [0.717, 1.165) is 5.69 Å². The molecule has 0 aliphatic rings. The van der Waals surface area contributed by atoms with E-state index in [2.05, 4.69) is 0 Å². The van der Waals surface area contributed by atoms with Gasteiger partial charge >= 0.3 is 11.9 Å². The van der Waals surface area contributed by atoms with Gasteiger partial charge in [0.2, 0.25) is 0 Å². The van der Waals surface area contributed by atoms with Crippen LogP contribution in [0.15, 0.2) is 24.3 Å². The lowest BCUT2D eigenvalue weighted by molar-refractivity contribution is -0.144. The first-order chi connectivity index (χ1) is 9.01. The summed E-state index contributed by atoms with van der Waals surface area (Å²) in [7, 11) is 4.53. The zero-order chi connectivity index (χ0) is 14.4. The zero-order valence-electron chi connectivity index (χ0n) is 11.7. The number of hydrogen-bond donors (Lipinski definition) is 0. The van der Waals surface area contributed by atoms with Gasteiger partial charge in [-0.2, -0.15) is 0 Å². The summed E-state index contributed by atoms with van der Waals surface area (Å²) < 4.78 is 9.43. The van der Waals surface area contributed by atoms with E-state index in [1.165, 1.54) is 14.2 Å². The highest BCUT2D eigenvalue weighted by Crippen LogP contribution is 2.21. The number of rotatable bonds is 5. The number of nitrogens with zero attached hydrogens (tertiary/aromatic N) is 1. The first kappa shape index (κ1) is 15.0. The molecule has 0 heterocycles. The maximum atomic E-state index is 11.7. The maximum absolute atomic E-state index is 11.7. The lowest BCUT2D eigenvalue weighted by Crippen LogP contribution is -2.30. The molecule has 1 aromatic rings. The fourth-order valence-corrected chi connectivity index (χ4v) is 1.87. The van der Waals surface area contributed by atoms with E-state index in [1.54, 1.807) is 19.1 Å². The van der Waals surface area contributed by atoms with Crippen molar-refractivity contribution in [2.75, 3.05) is 32.7 Å². The number of esters is 2. The van der Waals surface area contributed by atoms with Crippen LogP contribution < -0.4 is 4.90 Å². The number of carbonyl (C=O) groups is 2. The van der Waals surface area contributed by atoms with E-state index in [0.29, 0.717) is 12.1 Å². The van der Waals surface area contributed by atoms with Gasteiger partial charge in [0.25, 0.3) is 0 Å². The highest BCUT2D eigenvalue weighted by atomic mass is 16.5. The van der Waals surface area contributed by atoms with Crippen LogP contribution in [-0.4, -0.2) is 39.8 Å². The minimum atomic E-state index is -0.395. The van der Waals surface area contributed by atoms with Gasteiger partial charge in [-0.3, -0.25) is 4.79 Å². The number of carbonyl (C=O) groups excluding carboxylic acids is 2. The van der Waals surface area contributed by atoms with Crippen LogP contribution in [0.25, 0.3) is 0 Å². The summed E-state index contributed by atoms with van der Waals surface area (Å²) in [4.78, 5) is 24.9. The first-order valence-corrected chi connectivity index (χ1v) is 5.97. The second-order valence-electron chi connectivity index (χ2n) is 4.31. The third-order valence-corrected chi connectivity index (χ3v) is 2.87. The van der Waals surface area contributed by atoms with Crippen LogP contribution in [0.1, 0.15) is 17.3 Å².